The van der Waals surface area contributed by atoms with E-state index in [9.17, 15) is 0 Å². The van der Waals surface area contributed by atoms with E-state index in [1.165, 1.54) is 0 Å². The summed E-state index contributed by atoms with van der Waals surface area (Å²) in [6, 6.07) is 14.0. The summed E-state index contributed by atoms with van der Waals surface area (Å²) in [4.78, 5) is 10.7. The van der Waals surface area contributed by atoms with Crippen LogP contribution in [0, 0.1) is 0 Å². The smallest absolute Gasteiger partial charge is 0.139 e. The third-order valence-electron chi connectivity index (χ3n) is 3.21. The molecule has 100 valence electrons. The molecular weight excluding hydrogens is 270 g/mol. The maximum absolute atomic E-state index is 6.26. The molecule has 0 bridgehead atoms. The maximum Gasteiger partial charge on any atom is 0.139 e. The number of aromatic nitrogens is 2. The number of benzene rings is 1. The average Bonchev–Trinajstić information content (AvgIpc) is 2.48. The summed E-state index contributed by atoms with van der Waals surface area (Å²) >= 11 is 6.26. The first-order valence-corrected chi connectivity index (χ1v) is 6.77. The molecular formula is C16H14ClN3. The van der Waals surface area contributed by atoms with Gasteiger partial charge in [-0.25, -0.2) is 4.98 Å². The zero-order valence-corrected chi connectivity index (χ0v) is 11.9. The van der Waals surface area contributed by atoms with Gasteiger partial charge in [-0.15, -0.1) is 0 Å². The summed E-state index contributed by atoms with van der Waals surface area (Å²) < 4.78 is 0. The van der Waals surface area contributed by atoms with E-state index in [1.54, 1.807) is 6.20 Å². The minimum Gasteiger partial charge on any atom is -0.355 e. The summed E-state index contributed by atoms with van der Waals surface area (Å²) in [6.45, 7) is 0.746. The normalized spacial score (nSPS) is 10.7. The molecule has 20 heavy (non-hydrogen) atoms. The van der Waals surface area contributed by atoms with Crippen molar-refractivity contribution in [2.24, 2.45) is 0 Å². The lowest BCUT2D eigenvalue weighted by atomic mass is 10.2. The molecule has 0 aliphatic heterocycles. The molecule has 3 nitrogen and oxygen atoms in total. The first-order chi connectivity index (χ1) is 9.74. The van der Waals surface area contributed by atoms with Crippen LogP contribution in [-0.4, -0.2) is 17.0 Å². The van der Waals surface area contributed by atoms with E-state index >= 15 is 0 Å². The first-order valence-electron chi connectivity index (χ1n) is 6.39. The van der Waals surface area contributed by atoms with Crippen molar-refractivity contribution in [3.63, 3.8) is 0 Å². The second kappa shape index (κ2) is 5.47. The number of hydrogen-bond donors (Lipinski definition) is 0. The molecule has 0 saturated carbocycles. The highest BCUT2D eigenvalue weighted by molar-refractivity contribution is 6.34. The predicted octanol–water partition coefficient (Wildman–Crippen LogP) is 3.92. The Hall–Kier alpha value is -2.13. The molecule has 0 saturated heterocycles. The molecule has 0 aliphatic rings. The van der Waals surface area contributed by atoms with Crippen LogP contribution in [0.5, 0.6) is 0 Å². The standard InChI is InChI=1S/C16H14ClN3/c1-20(11-12-5-4-8-18-10-12)15-9-13-6-2-3-7-14(13)16(17)19-15/h2-10H,11H2,1H3. The topological polar surface area (TPSA) is 29.0 Å². The maximum atomic E-state index is 6.26. The summed E-state index contributed by atoms with van der Waals surface area (Å²) in [5, 5.41) is 2.62. The summed E-state index contributed by atoms with van der Waals surface area (Å²) in [5.41, 5.74) is 1.14. The zero-order chi connectivity index (χ0) is 13.9. The first kappa shape index (κ1) is 12.9. The largest absolute Gasteiger partial charge is 0.355 e. The Kier molecular flexibility index (Phi) is 3.52. The quantitative estimate of drug-likeness (QED) is 0.682. The molecule has 0 fully saturated rings. The fourth-order valence-electron chi connectivity index (χ4n) is 2.18. The van der Waals surface area contributed by atoms with Gasteiger partial charge in [0.05, 0.1) is 0 Å². The third-order valence-corrected chi connectivity index (χ3v) is 3.50. The highest BCUT2D eigenvalue weighted by Crippen LogP contribution is 2.26. The fourth-order valence-corrected chi connectivity index (χ4v) is 2.44. The van der Waals surface area contributed by atoms with Crippen LogP contribution in [0.25, 0.3) is 10.8 Å². The monoisotopic (exact) mass is 283 g/mol. The lowest BCUT2D eigenvalue weighted by molar-refractivity contribution is 0.894. The van der Waals surface area contributed by atoms with Crippen LogP contribution in [0.1, 0.15) is 5.56 Å². The molecule has 0 amide bonds. The SMILES string of the molecule is CN(Cc1cccnc1)c1cc2ccccc2c(Cl)n1. The molecule has 0 aliphatic carbocycles. The van der Waals surface area contributed by atoms with Gasteiger partial charge < -0.3 is 4.90 Å². The predicted molar refractivity (Wildman–Crippen MR) is 83.1 cm³/mol. The van der Waals surface area contributed by atoms with Gasteiger partial charge in [-0.05, 0) is 23.1 Å². The van der Waals surface area contributed by atoms with Crippen molar-refractivity contribution in [2.45, 2.75) is 6.54 Å². The Balaban J connectivity index is 1.93. The second-order valence-electron chi connectivity index (χ2n) is 4.71. The number of nitrogens with zero attached hydrogens (tertiary/aromatic N) is 3. The lowest BCUT2D eigenvalue weighted by Crippen LogP contribution is -2.17. The number of hydrogen-bond acceptors (Lipinski definition) is 3. The minimum absolute atomic E-state index is 0.538. The molecule has 0 unspecified atom stereocenters. The van der Waals surface area contributed by atoms with Gasteiger partial charge in [0.15, 0.2) is 0 Å². The van der Waals surface area contributed by atoms with Crippen LogP contribution in [0.3, 0.4) is 0 Å². The number of pyridine rings is 2. The Morgan fingerprint density at radius 3 is 2.80 bits per heavy atom. The summed E-state index contributed by atoms with van der Waals surface area (Å²) in [5.74, 6) is 0.859. The van der Waals surface area contributed by atoms with Gasteiger partial charge in [-0.1, -0.05) is 41.9 Å². The van der Waals surface area contributed by atoms with Crippen molar-refractivity contribution >= 4 is 28.2 Å². The fraction of sp³-hybridized carbons (Fsp3) is 0.125. The van der Waals surface area contributed by atoms with Crippen LogP contribution >= 0.6 is 11.6 Å². The van der Waals surface area contributed by atoms with Crippen molar-refractivity contribution < 1.29 is 0 Å². The molecule has 4 heteroatoms. The molecule has 3 aromatic rings. The second-order valence-corrected chi connectivity index (χ2v) is 5.07. The highest BCUT2D eigenvalue weighted by atomic mass is 35.5. The molecule has 3 rings (SSSR count). The van der Waals surface area contributed by atoms with E-state index in [2.05, 4.69) is 20.9 Å². The van der Waals surface area contributed by atoms with Gasteiger partial charge in [-0.2, -0.15) is 0 Å². The van der Waals surface area contributed by atoms with E-state index in [-0.39, 0.29) is 0 Å². The van der Waals surface area contributed by atoms with E-state index in [1.807, 2.05) is 49.6 Å². The van der Waals surface area contributed by atoms with Gasteiger partial charge >= 0.3 is 0 Å². The van der Waals surface area contributed by atoms with Crippen molar-refractivity contribution in [3.8, 4) is 0 Å². The third kappa shape index (κ3) is 2.58. The Morgan fingerprint density at radius 1 is 1.15 bits per heavy atom. The Labute approximate surface area is 122 Å². The number of halogens is 1. The summed E-state index contributed by atoms with van der Waals surface area (Å²) in [7, 11) is 2.00. The van der Waals surface area contributed by atoms with Gasteiger partial charge in [-0.3, -0.25) is 4.98 Å². The zero-order valence-electron chi connectivity index (χ0n) is 11.1. The highest BCUT2D eigenvalue weighted by Gasteiger charge is 2.08. The van der Waals surface area contributed by atoms with Crippen LogP contribution in [0.15, 0.2) is 54.9 Å². The molecule has 0 radical (unpaired) electrons. The van der Waals surface area contributed by atoms with Gasteiger partial charge in [0, 0.05) is 31.4 Å². The Bertz CT molecular complexity index is 728. The van der Waals surface area contributed by atoms with E-state index < -0.39 is 0 Å². The van der Waals surface area contributed by atoms with Gasteiger partial charge in [0.2, 0.25) is 0 Å². The van der Waals surface area contributed by atoms with Crippen molar-refractivity contribution in [2.75, 3.05) is 11.9 Å². The van der Waals surface area contributed by atoms with Crippen molar-refractivity contribution in [1.82, 2.24) is 9.97 Å². The summed E-state index contributed by atoms with van der Waals surface area (Å²) in [6.07, 6.45) is 3.63. The lowest BCUT2D eigenvalue weighted by Gasteiger charge is -2.19. The number of anilines is 1. The van der Waals surface area contributed by atoms with Gasteiger partial charge in [0.1, 0.15) is 11.0 Å². The number of rotatable bonds is 3. The van der Waals surface area contributed by atoms with E-state index in [0.717, 1.165) is 28.7 Å². The van der Waals surface area contributed by atoms with Crippen LogP contribution in [0.4, 0.5) is 5.82 Å². The van der Waals surface area contributed by atoms with E-state index in [4.69, 9.17) is 11.6 Å². The molecule has 0 atom stereocenters. The van der Waals surface area contributed by atoms with Crippen molar-refractivity contribution in [1.29, 1.82) is 0 Å². The minimum atomic E-state index is 0.538. The van der Waals surface area contributed by atoms with E-state index in [0.29, 0.717) is 5.15 Å². The molecule has 0 N–H and O–H groups in total. The average molecular weight is 284 g/mol. The van der Waals surface area contributed by atoms with Crippen LogP contribution in [-0.2, 0) is 6.54 Å². The molecule has 2 heterocycles. The Morgan fingerprint density at radius 2 is 2.00 bits per heavy atom. The molecule has 0 spiro atoms. The van der Waals surface area contributed by atoms with Crippen LogP contribution < -0.4 is 4.90 Å². The van der Waals surface area contributed by atoms with Crippen molar-refractivity contribution in [3.05, 3.63) is 65.6 Å². The molecule has 2 aromatic heterocycles. The molecule has 1 aromatic carbocycles. The van der Waals surface area contributed by atoms with Gasteiger partial charge in [0.25, 0.3) is 0 Å². The number of fused-ring (bicyclic) bond motifs is 1. The van der Waals surface area contributed by atoms with Crippen LogP contribution in [0.2, 0.25) is 5.15 Å².